The number of rotatable bonds is 3. The molecule has 0 fully saturated rings. The van der Waals surface area contributed by atoms with Gasteiger partial charge < -0.3 is 11.1 Å². The van der Waals surface area contributed by atoms with Crippen molar-refractivity contribution in [2.24, 2.45) is 0 Å². The Morgan fingerprint density at radius 2 is 2.44 bits per heavy atom. The maximum Gasteiger partial charge on any atom is 0.271 e. The molecule has 0 atom stereocenters. The molecule has 3 N–H and O–H groups in total. The predicted octanol–water partition coefficient (Wildman–Crippen LogP) is 0.445. The van der Waals surface area contributed by atoms with Gasteiger partial charge in [0, 0.05) is 11.6 Å². The van der Waals surface area contributed by atoms with Gasteiger partial charge in [-0.2, -0.15) is 0 Å². The van der Waals surface area contributed by atoms with Crippen LogP contribution < -0.4 is 11.1 Å². The molecule has 2 aromatic rings. The summed E-state index contributed by atoms with van der Waals surface area (Å²) < 4.78 is 0. The first-order valence-corrected chi connectivity index (χ1v) is 5.38. The molecule has 0 saturated carbocycles. The smallest absolute Gasteiger partial charge is 0.271 e. The molecule has 16 heavy (non-hydrogen) atoms. The SMILES string of the molecule is Nc1nc(C(=O)NCc2ccncn2)cs1. The van der Waals surface area contributed by atoms with Crippen molar-refractivity contribution < 1.29 is 4.79 Å². The summed E-state index contributed by atoms with van der Waals surface area (Å²) in [7, 11) is 0. The predicted molar refractivity (Wildman–Crippen MR) is 59.7 cm³/mol. The largest absolute Gasteiger partial charge is 0.375 e. The number of aromatic nitrogens is 3. The van der Waals surface area contributed by atoms with Gasteiger partial charge in [0.1, 0.15) is 12.0 Å². The molecule has 7 heteroatoms. The molecule has 1 amide bonds. The zero-order chi connectivity index (χ0) is 11.4. The molecule has 0 aliphatic rings. The summed E-state index contributed by atoms with van der Waals surface area (Å²) in [6.07, 6.45) is 3.05. The second kappa shape index (κ2) is 4.67. The minimum atomic E-state index is -0.258. The van der Waals surface area contributed by atoms with Gasteiger partial charge in [0.15, 0.2) is 5.13 Å². The third-order valence-electron chi connectivity index (χ3n) is 1.83. The van der Waals surface area contributed by atoms with Crippen molar-refractivity contribution in [3.05, 3.63) is 35.4 Å². The van der Waals surface area contributed by atoms with Crippen molar-refractivity contribution in [3.63, 3.8) is 0 Å². The molecule has 0 aliphatic carbocycles. The number of hydrogen-bond acceptors (Lipinski definition) is 6. The van der Waals surface area contributed by atoms with Gasteiger partial charge in [-0.05, 0) is 6.07 Å². The van der Waals surface area contributed by atoms with E-state index in [0.29, 0.717) is 17.4 Å². The van der Waals surface area contributed by atoms with E-state index in [1.807, 2.05) is 0 Å². The van der Waals surface area contributed by atoms with E-state index in [0.717, 1.165) is 5.69 Å². The number of thiazole rings is 1. The first-order valence-electron chi connectivity index (χ1n) is 4.50. The Morgan fingerprint density at radius 3 is 3.06 bits per heavy atom. The Morgan fingerprint density at radius 1 is 1.56 bits per heavy atom. The normalized spacial score (nSPS) is 10.0. The number of hydrogen-bond donors (Lipinski definition) is 2. The Balaban J connectivity index is 1.94. The van der Waals surface area contributed by atoms with Gasteiger partial charge in [0.05, 0.1) is 12.2 Å². The van der Waals surface area contributed by atoms with Crippen LogP contribution in [0.2, 0.25) is 0 Å². The standard InChI is InChI=1S/C9H9N5OS/c10-9-14-7(4-16-9)8(15)12-3-6-1-2-11-5-13-6/h1-2,4-5H,3H2,(H2,10,14)(H,12,15). The Hall–Kier alpha value is -2.02. The molecule has 0 radical (unpaired) electrons. The Labute approximate surface area is 95.6 Å². The van der Waals surface area contributed by atoms with Crippen LogP contribution in [0.4, 0.5) is 5.13 Å². The number of anilines is 1. The van der Waals surface area contributed by atoms with E-state index in [2.05, 4.69) is 20.3 Å². The summed E-state index contributed by atoms with van der Waals surface area (Å²) in [6.45, 7) is 0.346. The average Bonchev–Trinajstić information content (AvgIpc) is 2.74. The van der Waals surface area contributed by atoms with Gasteiger partial charge in [-0.15, -0.1) is 11.3 Å². The van der Waals surface area contributed by atoms with E-state index in [1.54, 1.807) is 17.6 Å². The maximum absolute atomic E-state index is 11.6. The highest BCUT2D eigenvalue weighted by Crippen LogP contribution is 2.10. The van der Waals surface area contributed by atoms with Crippen molar-refractivity contribution in [1.29, 1.82) is 0 Å². The van der Waals surface area contributed by atoms with Crippen molar-refractivity contribution >= 4 is 22.4 Å². The lowest BCUT2D eigenvalue weighted by Gasteiger charge is -2.01. The van der Waals surface area contributed by atoms with Crippen LogP contribution in [0.3, 0.4) is 0 Å². The number of nitrogens with zero attached hydrogens (tertiary/aromatic N) is 3. The highest BCUT2D eigenvalue weighted by atomic mass is 32.1. The van der Waals surface area contributed by atoms with Gasteiger partial charge in [-0.3, -0.25) is 4.79 Å². The van der Waals surface area contributed by atoms with E-state index in [1.165, 1.54) is 17.7 Å². The lowest BCUT2D eigenvalue weighted by atomic mass is 10.4. The number of amides is 1. The van der Waals surface area contributed by atoms with E-state index in [9.17, 15) is 4.79 Å². The summed E-state index contributed by atoms with van der Waals surface area (Å²) in [5.41, 5.74) is 6.50. The molecule has 0 aliphatic heterocycles. The topological polar surface area (TPSA) is 93.8 Å². The molecule has 2 heterocycles. The number of nitrogens with one attached hydrogen (secondary N) is 1. The van der Waals surface area contributed by atoms with Crippen LogP contribution in [-0.4, -0.2) is 20.9 Å². The summed E-state index contributed by atoms with van der Waals surface area (Å²) in [5.74, 6) is -0.258. The molecule has 2 aromatic heterocycles. The number of carbonyl (C=O) groups is 1. The van der Waals surface area contributed by atoms with Crippen molar-refractivity contribution in [2.45, 2.75) is 6.54 Å². The minimum Gasteiger partial charge on any atom is -0.375 e. The monoisotopic (exact) mass is 235 g/mol. The summed E-state index contributed by atoms with van der Waals surface area (Å²) in [4.78, 5) is 23.2. The lowest BCUT2D eigenvalue weighted by Crippen LogP contribution is -2.23. The molecular formula is C9H9N5OS. The van der Waals surface area contributed by atoms with Crippen LogP contribution in [0.1, 0.15) is 16.2 Å². The zero-order valence-electron chi connectivity index (χ0n) is 8.25. The van der Waals surface area contributed by atoms with Crippen LogP contribution in [-0.2, 0) is 6.54 Å². The van der Waals surface area contributed by atoms with Crippen LogP contribution >= 0.6 is 11.3 Å². The van der Waals surface area contributed by atoms with E-state index in [-0.39, 0.29) is 5.91 Å². The molecule has 0 saturated heterocycles. The first kappa shape index (κ1) is 10.5. The summed E-state index contributed by atoms with van der Waals surface area (Å²) >= 11 is 1.23. The number of carbonyl (C=O) groups excluding carboxylic acids is 1. The Kier molecular flexibility index (Phi) is 3.06. The molecule has 6 nitrogen and oxygen atoms in total. The van der Waals surface area contributed by atoms with Crippen molar-refractivity contribution in [2.75, 3.05) is 5.73 Å². The van der Waals surface area contributed by atoms with Gasteiger partial charge in [0.2, 0.25) is 0 Å². The van der Waals surface area contributed by atoms with Crippen LogP contribution in [0, 0.1) is 0 Å². The third kappa shape index (κ3) is 2.51. The lowest BCUT2D eigenvalue weighted by molar-refractivity contribution is 0.0946. The van der Waals surface area contributed by atoms with E-state index in [4.69, 9.17) is 5.73 Å². The van der Waals surface area contributed by atoms with Crippen LogP contribution in [0.5, 0.6) is 0 Å². The summed E-state index contributed by atoms with van der Waals surface area (Å²) in [6, 6.07) is 1.73. The zero-order valence-corrected chi connectivity index (χ0v) is 9.07. The number of nitrogens with two attached hydrogens (primary N) is 1. The van der Waals surface area contributed by atoms with Crippen molar-refractivity contribution in [3.8, 4) is 0 Å². The van der Waals surface area contributed by atoms with Gasteiger partial charge >= 0.3 is 0 Å². The fourth-order valence-corrected chi connectivity index (χ4v) is 1.62. The van der Waals surface area contributed by atoms with Crippen molar-refractivity contribution in [1.82, 2.24) is 20.3 Å². The molecule has 0 aromatic carbocycles. The minimum absolute atomic E-state index is 0.258. The fourth-order valence-electron chi connectivity index (χ4n) is 1.08. The second-order valence-electron chi connectivity index (χ2n) is 2.95. The van der Waals surface area contributed by atoms with Gasteiger partial charge in [-0.25, -0.2) is 15.0 Å². The molecule has 82 valence electrons. The van der Waals surface area contributed by atoms with E-state index < -0.39 is 0 Å². The third-order valence-corrected chi connectivity index (χ3v) is 2.50. The van der Waals surface area contributed by atoms with E-state index >= 15 is 0 Å². The van der Waals surface area contributed by atoms with Gasteiger partial charge in [-0.1, -0.05) is 0 Å². The maximum atomic E-state index is 11.6. The summed E-state index contributed by atoms with van der Waals surface area (Å²) in [5, 5.41) is 4.69. The van der Waals surface area contributed by atoms with Crippen LogP contribution in [0.15, 0.2) is 24.0 Å². The molecular weight excluding hydrogens is 226 g/mol. The highest BCUT2D eigenvalue weighted by Gasteiger charge is 2.08. The van der Waals surface area contributed by atoms with Gasteiger partial charge in [0.25, 0.3) is 5.91 Å². The quantitative estimate of drug-likeness (QED) is 0.805. The molecule has 2 rings (SSSR count). The Bertz CT molecular complexity index is 484. The molecule has 0 unspecified atom stereocenters. The number of nitrogen functional groups attached to an aromatic ring is 1. The molecule has 0 bridgehead atoms. The first-order chi connectivity index (χ1) is 7.75. The van der Waals surface area contributed by atoms with Crippen LogP contribution in [0.25, 0.3) is 0 Å². The fraction of sp³-hybridized carbons (Fsp3) is 0.111. The average molecular weight is 235 g/mol. The highest BCUT2D eigenvalue weighted by molar-refractivity contribution is 7.13. The molecule has 0 spiro atoms. The second-order valence-corrected chi connectivity index (χ2v) is 3.84.